The highest BCUT2D eigenvalue weighted by molar-refractivity contribution is 7.19. The van der Waals surface area contributed by atoms with Gasteiger partial charge in [-0.05, 0) is 61.2 Å². The number of methoxy groups -OCH3 is 2. The first-order chi connectivity index (χ1) is 14.5. The zero-order chi connectivity index (χ0) is 21.5. The number of carbonyl (C=O) groups is 1. The third kappa shape index (κ3) is 5.10. The van der Waals surface area contributed by atoms with Gasteiger partial charge in [-0.1, -0.05) is 12.1 Å². The van der Waals surface area contributed by atoms with Crippen LogP contribution in [0, 0.1) is 0 Å². The van der Waals surface area contributed by atoms with Crippen LogP contribution in [0.3, 0.4) is 0 Å². The van der Waals surface area contributed by atoms with Gasteiger partial charge in [-0.15, -0.1) is 11.3 Å². The summed E-state index contributed by atoms with van der Waals surface area (Å²) < 4.78 is 17.8. The van der Waals surface area contributed by atoms with Crippen LogP contribution < -0.4 is 14.2 Å². The van der Waals surface area contributed by atoms with E-state index in [0.717, 1.165) is 26.4 Å². The van der Waals surface area contributed by atoms with Gasteiger partial charge in [0.15, 0.2) is 11.5 Å². The molecule has 158 valence electrons. The number of aromatic nitrogens is 1. The highest BCUT2D eigenvalue weighted by Crippen LogP contribution is 2.40. The van der Waals surface area contributed by atoms with E-state index < -0.39 is 5.97 Å². The fraction of sp³-hybridized carbons (Fsp3) is 0.304. The Balaban J connectivity index is 2.04. The number of carboxylic acids is 1. The van der Waals surface area contributed by atoms with Gasteiger partial charge in [-0.3, -0.25) is 4.79 Å². The van der Waals surface area contributed by atoms with Crippen LogP contribution in [-0.2, 0) is 4.79 Å². The number of carboxylic acid groups (broad SMARTS) is 1. The maximum absolute atomic E-state index is 11.0. The van der Waals surface area contributed by atoms with Gasteiger partial charge < -0.3 is 19.3 Å². The first kappa shape index (κ1) is 21.6. The molecule has 0 spiro atoms. The van der Waals surface area contributed by atoms with E-state index in [4.69, 9.17) is 24.3 Å². The number of benzene rings is 2. The fourth-order valence-electron chi connectivity index (χ4n) is 3.15. The maximum Gasteiger partial charge on any atom is 0.303 e. The SMILES string of the molecule is CCOc1c(OC)cc(/C=C(/CCCC(=O)O)c2nc3ccccc3s2)cc1OC. The molecule has 0 aliphatic rings. The summed E-state index contributed by atoms with van der Waals surface area (Å²) in [6.45, 7) is 2.40. The summed E-state index contributed by atoms with van der Waals surface area (Å²) in [5.74, 6) is 0.920. The van der Waals surface area contributed by atoms with Gasteiger partial charge in [0, 0.05) is 6.42 Å². The molecule has 0 atom stereocenters. The van der Waals surface area contributed by atoms with E-state index in [2.05, 4.69) is 0 Å². The third-order valence-corrected chi connectivity index (χ3v) is 5.63. The summed E-state index contributed by atoms with van der Waals surface area (Å²) in [5.41, 5.74) is 2.78. The molecule has 1 aromatic heterocycles. The minimum atomic E-state index is -0.803. The number of nitrogens with zero attached hydrogens (tertiary/aromatic N) is 1. The topological polar surface area (TPSA) is 77.9 Å². The van der Waals surface area contributed by atoms with Crippen molar-refractivity contribution in [3.05, 3.63) is 47.0 Å². The Bertz CT molecular complexity index is 999. The molecule has 7 heteroatoms. The Labute approximate surface area is 179 Å². The van der Waals surface area contributed by atoms with Gasteiger partial charge in [0.1, 0.15) is 5.01 Å². The number of thiazole rings is 1. The van der Waals surface area contributed by atoms with Crippen molar-refractivity contribution >= 4 is 39.2 Å². The molecule has 0 unspecified atom stereocenters. The molecule has 1 heterocycles. The molecule has 30 heavy (non-hydrogen) atoms. The van der Waals surface area contributed by atoms with Crippen molar-refractivity contribution in [2.75, 3.05) is 20.8 Å². The van der Waals surface area contributed by atoms with Gasteiger partial charge in [-0.2, -0.15) is 0 Å². The predicted molar refractivity (Wildman–Crippen MR) is 120 cm³/mol. The molecule has 0 fully saturated rings. The lowest BCUT2D eigenvalue weighted by Gasteiger charge is -2.15. The molecular weight excluding hydrogens is 402 g/mol. The van der Waals surface area contributed by atoms with Crippen molar-refractivity contribution < 1.29 is 24.1 Å². The van der Waals surface area contributed by atoms with Crippen LogP contribution >= 0.6 is 11.3 Å². The molecule has 6 nitrogen and oxygen atoms in total. The minimum Gasteiger partial charge on any atom is -0.493 e. The van der Waals surface area contributed by atoms with Crippen LogP contribution in [0.1, 0.15) is 36.8 Å². The number of allylic oxidation sites excluding steroid dienone is 1. The van der Waals surface area contributed by atoms with Gasteiger partial charge >= 0.3 is 5.97 Å². The number of hydrogen-bond acceptors (Lipinski definition) is 6. The second-order valence-corrected chi connectivity index (χ2v) is 7.62. The molecule has 0 saturated carbocycles. The number of aliphatic carboxylic acids is 1. The molecule has 0 amide bonds. The molecule has 0 aliphatic heterocycles. The van der Waals surface area contributed by atoms with Gasteiger partial charge in [-0.25, -0.2) is 4.98 Å². The number of para-hydroxylation sites is 1. The third-order valence-electron chi connectivity index (χ3n) is 4.52. The van der Waals surface area contributed by atoms with E-state index in [0.29, 0.717) is 36.7 Å². The van der Waals surface area contributed by atoms with E-state index in [9.17, 15) is 4.79 Å². The quantitative estimate of drug-likeness (QED) is 0.460. The van der Waals surface area contributed by atoms with Crippen molar-refractivity contribution in [1.82, 2.24) is 4.98 Å². The molecule has 3 aromatic rings. The first-order valence-corrected chi connectivity index (χ1v) is 10.5. The average molecular weight is 428 g/mol. The number of fused-ring (bicyclic) bond motifs is 1. The van der Waals surface area contributed by atoms with Crippen LogP contribution in [0.2, 0.25) is 0 Å². The first-order valence-electron chi connectivity index (χ1n) is 9.72. The Morgan fingerprint density at radius 2 is 1.83 bits per heavy atom. The van der Waals surface area contributed by atoms with Crippen LogP contribution in [0.15, 0.2) is 36.4 Å². The highest BCUT2D eigenvalue weighted by Gasteiger charge is 2.15. The molecule has 0 saturated heterocycles. The van der Waals surface area contributed by atoms with Crippen LogP contribution in [0.4, 0.5) is 0 Å². The van der Waals surface area contributed by atoms with Crippen LogP contribution in [0.25, 0.3) is 21.9 Å². The Hall–Kier alpha value is -3.06. The fourth-order valence-corrected chi connectivity index (χ4v) is 4.16. The standard InChI is InChI=1S/C23H25NO5S/c1-4-29-22-18(27-2)13-15(14-19(22)28-3)12-16(8-7-11-21(25)26)23-24-17-9-5-6-10-20(17)30-23/h5-6,9-10,12-14H,4,7-8,11H2,1-3H3,(H,25,26)/b16-12-. The summed E-state index contributed by atoms with van der Waals surface area (Å²) >= 11 is 1.60. The van der Waals surface area contributed by atoms with E-state index >= 15 is 0 Å². The smallest absolute Gasteiger partial charge is 0.303 e. The van der Waals surface area contributed by atoms with Gasteiger partial charge in [0.2, 0.25) is 5.75 Å². The van der Waals surface area contributed by atoms with Crippen LogP contribution in [-0.4, -0.2) is 36.9 Å². The zero-order valence-electron chi connectivity index (χ0n) is 17.3. The summed E-state index contributed by atoms with van der Waals surface area (Å²) in [6.07, 6.45) is 3.25. The Morgan fingerprint density at radius 3 is 2.43 bits per heavy atom. The summed E-state index contributed by atoms with van der Waals surface area (Å²) in [4.78, 5) is 15.8. The van der Waals surface area contributed by atoms with Crippen molar-refractivity contribution in [3.63, 3.8) is 0 Å². The number of rotatable bonds is 10. The van der Waals surface area contributed by atoms with E-state index in [-0.39, 0.29) is 6.42 Å². The lowest BCUT2D eigenvalue weighted by molar-refractivity contribution is -0.137. The predicted octanol–water partition coefficient (Wildman–Crippen LogP) is 5.51. The van der Waals surface area contributed by atoms with Gasteiger partial charge in [0.25, 0.3) is 0 Å². The maximum atomic E-state index is 11.0. The lowest BCUT2D eigenvalue weighted by atomic mass is 10.0. The van der Waals surface area contributed by atoms with Crippen molar-refractivity contribution in [1.29, 1.82) is 0 Å². The van der Waals surface area contributed by atoms with Crippen LogP contribution in [0.5, 0.6) is 17.2 Å². The second kappa shape index (κ2) is 10.1. The lowest BCUT2D eigenvalue weighted by Crippen LogP contribution is -1.99. The Kier molecular flexibility index (Phi) is 7.30. The molecule has 0 bridgehead atoms. The molecule has 3 rings (SSSR count). The monoisotopic (exact) mass is 427 g/mol. The number of ether oxygens (including phenoxy) is 3. The van der Waals surface area contributed by atoms with E-state index in [1.165, 1.54) is 0 Å². The second-order valence-electron chi connectivity index (χ2n) is 6.59. The molecular formula is C23H25NO5S. The average Bonchev–Trinajstić information content (AvgIpc) is 3.17. The zero-order valence-corrected chi connectivity index (χ0v) is 18.1. The summed E-state index contributed by atoms with van der Waals surface area (Å²) in [5, 5.41) is 9.92. The largest absolute Gasteiger partial charge is 0.493 e. The highest BCUT2D eigenvalue weighted by atomic mass is 32.1. The van der Waals surface area contributed by atoms with Gasteiger partial charge in [0.05, 0.1) is 31.0 Å². The summed E-state index contributed by atoms with van der Waals surface area (Å²) in [6, 6.07) is 11.7. The Morgan fingerprint density at radius 1 is 1.13 bits per heavy atom. The van der Waals surface area contributed by atoms with Crippen molar-refractivity contribution in [3.8, 4) is 17.2 Å². The number of hydrogen-bond donors (Lipinski definition) is 1. The summed E-state index contributed by atoms with van der Waals surface area (Å²) in [7, 11) is 3.18. The molecule has 1 N–H and O–H groups in total. The molecule has 2 aromatic carbocycles. The van der Waals surface area contributed by atoms with E-state index in [1.54, 1.807) is 25.6 Å². The van der Waals surface area contributed by atoms with Crippen molar-refractivity contribution in [2.24, 2.45) is 0 Å². The normalized spacial score (nSPS) is 11.5. The molecule has 0 radical (unpaired) electrons. The van der Waals surface area contributed by atoms with E-state index in [1.807, 2.05) is 49.4 Å². The van der Waals surface area contributed by atoms with Crippen molar-refractivity contribution in [2.45, 2.75) is 26.2 Å². The minimum absolute atomic E-state index is 0.109. The molecule has 0 aliphatic carbocycles.